The number of nitrogens with zero attached hydrogens (tertiary/aromatic N) is 1. The van der Waals surface area contributed by atoms with Gasteiger partial charge in [0.05, 0.1) is 16.8 Å². The first kappa shape index (κ1) is 25.7. The Morgan fingerprint density at radius 1 is 0.735 bits per heavy atom. The molecule has 1 atom stereocenters. The molecule has 1 aliphatic heterocycles. The van der Waals surface area contributed by atoms with Gasteiger partial charge in [-0.2, -0.15) is 26.3 Å². The molecule has 9 heteroatoms. The Bertz CT molecular complexity index is 1120. The second-order valence-corrected chi connectivity index (χ2v) is 9.06. The van der Waals surface area contributed by atoms with Crippen molar-refractivity contribution in [1.82, 2.24) is 10.3 Å². The number of aryl methyl sites for hydroxylation is 1. The Labute approximate surface area is 198 Å². The molecule has 2 heterocycles. The van der Waals surface area contributed by atoms with Gasteiger partial charge >= 0.3 is 12.4 Å². The van der Waals surface area contributed by atoms with Crippen LogP contribution in [0.1, 0.15) is 41.5 Å². The minimum Gasteiger partial charge on any atom is -0.372 e. The van der Waals surface area contributed by atoms with Crippen LogP contribution in [0.4, 0.5) is 26.3 Å². The number of hydrogen-bond acceptors (Lipinski definition) is 3. The van der Waals surface area contributed by atoms with E-state index in [2.05, 4.69) is 10.3 Å². The second-order valence-electron chi connectivity index (χ2n) is 7.74. The van der Waals surface area contributed by atoms with E-state index in [1.807, 2.05) is 26.8 Å². The monoisotopic (exact) mass is 496 g/mol. The van der Waals surface area contributed by atoms with Gasteiger partial charge < -0.3 is 5.32 Å². The summed E-state index contributed by atoms with van der Waals surface area (Å²) >= 11 is 1.63. The van der Waals surface area contributed by atoms with Crippen LogP contribution in [0.5, 0.6) is 0 Å². The van der Waals surface area contributed by atoms with Gasteiger partial charge in [0.2, 0.25) is 0 Å². The third-order valence-electron chi connectivity index (χ3n) is 5.13. The molecule has 0 saturated heterocycles. The van der Waals surface area contributed by atoms with E-state index in [-0.39, 0.29) is 5.37 Å². The van der Waals surface area contributed by atoms with Crippen molar-refractivity contribution in [3.63, 3.8) is 0 Å². The van der Waals surface area contributed by atoms with Gasteiger partial charge in [0.1, 0.15) is 5.37 Å². The molecule has 0 saturated carbocycles. The predicted octanol–water partition coefficient (Wildman–Crippen LogP) is 8.37. The van der Waals surface area contributed by atoms with Crippen molar-refractivity contribution in [2.24, 2.45) is 0 Å². The molecule has 0 fully saturated rings. The van der Waals surface area contributed by atoms with Crippen LogP contribution in [0, 0.1) is 6.92 Å². The number of nitrogens with one attached hydrogen (secondary N) is 1. The van der Waals surface area contributed by atoms with Gasteiger partial charge in [0.15, 0.2) is 0 Å². The lowest BCUT2D eigenvalue weighted by Gasteiger charge is -2.13. The molecular formula is C25H22F6N2S. The van der Waals surface area contributed by atoms with Crippen molar-refractivity contribution in [3.05, 3.63) is 99.7 Å². The highest BCUT2D eigenvalue weighted by molar-refractivity contribution is 8.03. The molecule has 2 nitrogen and oxygen atoms in total. The summed E-state index contributed by atoms with van der Waals surface area (Å²) in [6.07, 6.45) is -6.87. The fourth-order valence-electron chi connectivity index (χ4n) is 3.06. The van der Waals surface area contributed by atoms with E-state index < -0.39 is 23.5 Å². The molecule has 180 valence electrons. The smallest absolute Gasteiger partial charge is 0.372 e. The van der Waals surface area contributed by atoms with E-state index in [0.29, 0.717) is 11.3 Å². The van der Waals surface area contributed by atoms with E-state index in [1.54, 1.807) is 24.0 Å². The Hall–Kier alpha value is -2.94. The van der Waals surface area contributed by atoms with Gasteiger partial charge in [-0.3, -0.25) is 4.98 Å². The molecule has 0 amide bonds. The van der Waals surface area contributed by atoms with Crippen LogP contribution >= 0.6 is 11.8 Å². The van der Waals surface area contributed by atoms with Crippen molar-refractivity contribution >= 4 is 11.8 Å². The van der Waals surface area contributed by atoms with E-state index in [1.165, 1.54) is 29.2 Å². The van der Waals surface area contributed by atoms with Crippen LogP contribution in [0.3, 0.4) is 0 Å². The van der Waals surface area contributed by atoms with Crippen molar-refractivity contribution < 1.29 is 26.3 Å². The molecule has 34 heavy (non-hydrogen) atoms. The van der Waals surface area contributed by atoms with Gasteiger partial charge in [-0.15, -0.1) is 0 Å². The molecule has 0 spiro atoms. The molecule has 1 unspecified atom stereocenters. The fraction of sp³-hybridized carbons (Fsp3) is 0.240. The maximum Gasteiger partial charge on any atom is 0.416 e. The summed E-state index contributed by atoms with van der Waals surface area (Å²) in [6, 6.07) is 14.0. The van der Waals surface area contributed by atoms with Crippen molar-refractivity contribution in [2.75, 3.05) is 0 Å². The number of halogens is 6. The molecule has 0 radical (unpaired) electrons. The molecular weight excluding hydrogens is 474 g/mol. The Kier molecular flexibility index (Phi) is 7.65. The number of alkyl halides is 6. The molecule has 1 N–H and O–H groups in total. The Morgan fingerprint density at radius 3 is 1.68 bits per heavy atom. The molecule has 1 aromatic heterocycles. The zero-order chi connectivity index (χ0) is 25.1. The van der Waals surface area contributed by atoms with Gasteiger partial charge in [-0.05, 0) is 62.2 Å². The number of thioether (sulfide) groups is 1. The van der Waals surface area contributed by atoms with Crippen molar-refractivity contribution in [3.8, 4) is 11.3 Å². The van der Waals surface area contributed by atoms with Gasteiger partial charge in [0, 0.05) is 22.4 Å². The van der Waals surface area contributed by atoms with Gasteiger partial charge in [0.25, 0.3) is 0 Å². The zero-order valence-corrected chi connectivity index (χ0v) is 19.4. The molecule has 1 aliphatic rings. The largest absolute Gasteiger partial charge is 0.416 e. The second kappa shape index (κ2) is 10.1. The predicted molar refractivity (Wildman–Crippen MR) is 123 cm³/mol. The minimum absolute atomic E-state index is 0.0253. The lowest BCUT2D eigenvalue weighted by molar-refractivity contribution is -0.138. The molecule has 2 aromatic carbocycles. The summed E-state index contributed by atoms with van der Waals surface area (Å²) in [5, 5.41) is 3.26. The highest BCUT2D eigenvalue weighted by Crippen LogP contribution is 2.40. The van der Waals surface area contributed by atoms with E-state index in [9.17, 15) is 26.3 Å². The lowest BCUT2D eigenvalue weighted by atomic mass is 10.1. The first-order valence-corrected chi connectivity index (χ1v) is 11.1. The van der Waals surface area contributed by atoms with Gasteiger partial charge in [-0.1, -0.05) is 42.1 Å². The highest BCUT2D eigenvalue weighted by atomic mass is 32.2. The van der Waals surface area contributed by atoms with Crippen LogP contribution in [0.25, 0.3) is 11.3 Å². The summed E-state index contributed by atoms with van der Waals surface area (Å²) in [5.74, 6) is 0. The van der Waals surface area contributed by atoms with Crippen molar-refractivity contribution in [2.45, 2.75) is 38.5 Å². The summed E-state index contributed by atoms with van der Waals surface area (Å²) in [5.41, 5.74) is 3.06. The maximum absolute atomic E-state index is 12.4. The average Bonchev–Trinajstić information content (AvgIpc) is 3.12. The number of pyridine rings is 1. The zero-order valence-electron chi connectivity index (χ0n) is 18.6. The third kappa shape index (κ3) is 6.56. The normalized spacial score (nSPS) is 16.1. The number of aromatic nitrogens is 1. The lowest BCUT2D eigenvalue weighted by Crippen LogP contribution is -2.11. The Morgan fingerprint density at radius 2 is 1.26 bits per heavy atom. The first-order chi connectivity index (χ1) is 15.8. The van der Waals surface area contributed by atoms with Crippen molar-refractivity contribution in [1.29, 1.82) is 0 Å². The maximum atomic E-state index is 12.4. The van der Waals surface area contributed by atoms with Crippen LogP contribution in [-0.2, 0) is 12.4 Å². The summed E-state index contributed by atoms with van der Waals surface area (Å²) < 4.78 is 74.3. The average molecular weight is 497 g/mol. The summed E-state index contributed by atoms with van der Waals surface area (Å²) in [7, 11) is 0. The van der Waals surface area contributed by atoms with Crippen LogP contribution in [0.15, 0.2) is 77.5 Å². The number of rotatable bonds is 2. The minimum atomic E-state index is -4.29. The van der Waals surface area contributed by atoms with Gasteiger partial charge in [-0.25, -0.2) is 0 Å². The van der Waals surface area contributed by atoms with E-state index >= 15 is 0 Å². The van der Waals surface area contributed by atoms with Crippen LogP contribution in [0.2, 0.25) is 0 Å². The number of allylic oxidation sites excluding steroid dienone is 2. The van der Waals surface area contributed by atoms with Crippen LogP contribution in [-0.4, -0.2) is 4.98 Å². The fourth-order valence-corrected chi connectivity index (χ4v) is 4.18. The standard InChI is InChI=1S/C13H10F3N.C12H12F3NS/c1-9-2-7-12(17-8-9)10-3-5-11(6-4-10)13(14,15)16;1-7-8(2)17-11(16-7)9-3-5-10(6-4-9)12(13,14)15/h2-8H,1H3;3-6,11,16H,1-2H3. The molecule has 4 rings (SSSR count). The first-order valence-electron chi connectivity index (χ1n) is 10.2. The topological polar surface area (TPSA) is 24.9 Å². The van der Waals surface area contributed by atoms with E-state index in [0.717, 1.165) is 41.1 Å². The summed E-state index contributed by atoms with van der Waals surface area (Å²) in [4.78, 5) is 5.33. The highest BCUT2D eigenvalue weighted by Gasteiger charge is 2.31. The van der Waals surface area contributed by atoms with E-state index in [4.69, 9.17) is 0 Å². The number of benzene rings is 2. The number of hydrogen-bond donors (Lipinski definition) is 1. The summed E-state index contributed by atoms with van der Waals surface area (Å²) in [6.45, 7) is 5.87. The molecule has 0 aliphatic carbocycles. The molecule has 0 bridgehead atoms. The third-order valence-corrected chi connectivity index (χ3v) is 6.42. The quantitative estimate of drug-likeness (QED) is 0.361. The SMILES string of the molecule is CC1=C(C)SC(c2ccc(C(F)(F)F)cc2)N1.Cc1ccc(-c2ccc(C(F)(F)F)cc2)nc1. The Balaban J connectivity index is 0.000000191. The molecule has 3 aromatic rings. The van der Waals surface area contributed by atoms with Crippen LogP contribution < -0.4 is 5.32 Å².